The van der Waals surface area contributed by atoms with Crippen LogP contribution < -0.4 is 9.47 Å². The van der Waals surface area contributed by atoms with Gasteiger partial charge in [-0.3, -0.25) is 0 Å². The normalized spacial score (nSPS) is 10.4. The molecule has 0 heterocycles. The van der Waals surface area contributed by atoms with E-state index in [1.54, 1.807) is 27.0 Å². The minimum Gasteiger partial charge on any atom is -0.507 e. The molecule has 0 bridgehead atoms. The number of rotatable bonds is 6. The van der Waals surface area contributed by atoms with Gasteiger partial charge in [0, 0.05) is 6.07 Å². The molecule has 0 aromatic heterocycles. The first kappa shape index (κ1) is 16.7. The number of aromatic hydroxyl groups is 1. The fourth-order valence-corrected chi connectivity index (χ4v) is 1.94. The van der Waals surface area contributed by atoms with Crippen molar-refractivity contribution < 1.29 is 24.1 Å². The Labute approximate surface area is 135 Å². The van der Waals surface area contributed by atoms with Crippen LogP contribution in [0.4, 0.5) is 0 Å². The monoisotopic (exact) mass is 316 g/mol. The highest BCUT2D eigenvalue weighted by Crippen LogP contribution is 2.25. The minimum absolute atomic E-state index is 0.121. The highest BCUT2D eigenvalue weighted by Gasteiger charge is 2.14. The van der Waals surface area contributed by atoms with Gasteiger partial charge in [0.15, 0.2) is 0 Å². The number of hydrogen-bond donors (Lipinski definition) is 1. The molecule has 5 heteroatoms. The average molecular weight is 316 g/mol. The maximum Gasteiger partial charge on any atom is 0.342 e. The molecule has 2 aromatic carbocycles. The lowest BCUT2D eigenvalue weighted by Crippen LogP contribution is -2.11. The lowest BCUT2D eigenvalue weighted by molar-refractivity contribution is 0.0374. The highest BCUT2D eigenvalue weighted by atomic mass is 16.5. The summed E-state index contributed by atoms with van der Waals surface area (Å²) in [6.07, 6.45) is -0.243. The van der Waals surface area contributed by atoms with Crippen molar-refractivity contribution in [2.75, 3.05) is 7.11 Å². The van der Waals surface area contributed by atoms with Gasteiger partial charge in [0.1, 0.15) is 29.4 Å². The molecule has 122 valence electrons. The Morgan fingerprint density at radius 2 is 1.74 bits per heavy atom. The first-order chi connectivity index (χ1) is 11.0. The van der Waals surface area contributed by atoms with Crippen LogP contribution in [0.2, 0.25) is 0 Å². The standard InChI is InChI=1S/C18H20O5/c1-12(2)23-18(20)16-9-8-15(10-17(16)19)22-11-13-4-6-14(21-3)7-5-13/h4-10,12,19H,11H2,1-3H3. The maximum absolute atomic E-state index is 11.8. The molecule has 1 N–H and O–H groups in total. The first-order valence-electron chi connectivity index (χ1n) is 7.29. The van der Waals surface area contributed by atoms with E-state index in [4.69, 9.17) is 14.2 Å². The third-order valence-corrected chi connectivity index (χ3v) is 3.10. The van der Waals surface area contributed by atoms with Crippen molar-refractivity contribution >= 4 is 5.97 Å². The molecule has 5 nitrogen and oxygen atoms in total. The molecule has 0 spiro atoms. The summed E-state index contributed by atoms with van der Waals surface area (Å²) in [6, 6.07) is 12.0. The van der Waals surface area contributed by atoms with E-state index in [1.807, 2.05) is 24.3 Å². The van der Waals surface area contributed by atoms with Crippen molar-refractivity contribution in [3.63, 3.8) is 0 Å². The van der Waals surface area contributed by atoms with Crippen molar-refractivity contribution in [2.24, 2.45) is 0 Å². The van der Waals surface area contributed by atoms with E-state index in [1.165, 1.54) is 12.1 Å². The largest absolute Gasteiger partial charge is 0.507 e. The Kier molecular flexibility index (Phi) is 5.46. The van der Waals surface area contributed by atoms with Gasteiger partial charge in [-0.1, -0.05) is 12.1 Å². The molecular weight excluding hydrogens is 296 g/mol. The average Bonchev–Trinajstić information content (AvgIpc) is 2.52. The van der Waals surface area contributed by atoms with Gasteiger partial charge in [0.25, 0.3) is 0 Å². The van der Waals surface area contributed by atoms with E-state index in [-0.39, 0.29) is 17.4 Å². The predicted octanol–water partition coefficient (Wildman–Crippen LogP) is 3.55. The molecule has 0 unspecified atom stereocenters. The molecule has 0 aliphatic carbocycles. The summed E-state index contributed by atoms with van der Waals surface area (Å²) in [5.41, 5.74) is 1.09. The van der Waals surface area contributed by atoms with Gasteiger partial charge in [0.05, 0.1) is 13.2 Å². The van der Waals surface area contributed by atoms with Crippen molar-refractivity contribution in [1.82, 2.24) is 0 Å². The molecule has 0 saturated carbocycles. The third-order valence-electron chi connectivity index (χ3n) is 3.10. The van der Waals surface area contributed by atoms with Crippen LogP contribution in [0, 0.1) is 0 Å². The molecule has 0 radical (unpaired) electrons. The predicted molar refractivity (Wildman–Crippen MR) is 86.0 cm³/mol. The summed E-state index contributed by atoms with van der Waals surface area (Å²) in [5, 5.41) is 9.94. The summed E-state index contributed by atoms with van der Waals surface area (Å²) in [7, 11) is 1.61. The molecule has 0 fully saturated rings. The second kappa shape index (κ2) is 7.54. The van der Waals surface area contributed by atoms with Crippen LogP contribution >= 0.6 is 0 Å². The van der Waals surface area contributed by atoms with Gasteiger partial charge in [-0.2, -0.15) is 0 Å². The van der Waals surface area contributed by atoms with Crippen molar-refractivity contribution in [3.05, 3.63) is 53.6 Å². The first-order valence-corrected chi connectivity index (χ1v) is 7.29. The Morgan fingerprint density at radius 1 is 1.09 bits per heavy atom. The highest BCUT2D eigenvalue weighted by molar-refractivity contribution is 5.92. The van der Waals surface area contributed by atoms with Crippen LogP contribution in [-0.2, 0) is 11.3 Å². The Hall–Kier alpha value is -2.69. The van der Waals surface area contributed by atoms with E-state index in [2.05, 4.69) is 0 Å². The number of carbonyl (C=O) groups excluding carboxylic acids is 1. The van der Waals surface area contributed by atoms with Crippen LogP contribution in [0.25, 0.3) is 0 Å². The minimum atomic E-state index is -0.556. The molecule has 0 saturated heterocycles. The Morgan fingerprint density at radius 3 is 2.30 bits per heavy atom. The van der Waals surface area contributed by atoms with Crippen LogP contribution in [0.5, 0.6) is 17.2 Å². The van der Waals surface area contributed by atoms with Gasteiger partial charge in [-0.05, 0) is 43.7 Å². The summed E-state index contributed by atoms with van der Waals surface area (Å²) < 4.78 is 15.8. The van der Waals surface area contributed by atoms with E-state index in [9.17, 15) is 9.90 Å². The Bertz CT molecular complexity index is 662. The molecule has 2 rings (SSSR count). The SMILES string of the molecule is COc1ccc(COc2ccc(C(=O)OC(C)C)c(O)c2)cc1. The molecule has 0 atom stereocenters. The molecule has 23 heavy (non-hydrogen) atoms. The number of carbonyl (C=O) groups is 1. The van der Waals surface area contributed by atoms with Crippen LogP contribution in [-0.4, -0.2) is 24.3 Å². The lowest BCUT2D eigenvalue weighted by atomic mass is 10.2. The second-order valence-electron chi connectivity index (χ2n) is 5.27. The fourth-order valence-electron chi connectivity index (χ4n) is 1.94. The van der Waals surface area contributed by atoms with Crippen molar-refractivity contribution in [3.8, 4) is 17.2 Å². The molecule has 0 amide bonds. The molecule has 0 aliphatic heterocycles. The molecule has 0 aliphatic rings. The van der Waals surface area contributed by atoms with Crippen molar-refractivity contribution in [2.45, 2.75) is 26.6 Å². The topological polar surface area (TPSA) is 65.0 Å². The number of benzene rings is 2. The van der Waals surface area contributed by atoms with E-state index in [0.717, 1.165) is 11.3 Å². The summed E-state index contributed by atoms with van der Waals surface area (Å²) >= 11 is 0. The lowest BCUT2D eigenvalue weighted by Gasteiger charge is -2.11. The number of esters is 1. The van der Waals surface area contributed by atoms with Gasteiger partial charge >= 0.3 is 5.97 Å². The van der Waals surface area contributed by atoms with Gasteiger partial charge in [-0.15, -0.1) is 0 Å². The second-order valence-corrected chi connectivity index (χ2v) is 5.27. The summed E-state index contributed by atoms with van der Waals surface area (Å²) in [6.45, 7) is 3.85. The number of methoxy groups -OCH3 is 1. The number of phenols is 1. The van der Waals surface area contributed by atoms with Gasteiger partial charge in [0.2, 0.25) is 0 Å². The van der Waals surface area contributed by atoms with Crippen LogP contribution in [0.3, 0.4) is 0 Å². The van der Waals surface area contributed by atoms with Crippen molar-refractivity contribution in [1.29, 1.82) is 0 Å². The Balaban J connectivity index is 2.01. The van der Waals surface area contributed by atoms with E-state index in [0.29, 0.717) is 12.4 Å². The third kappa shape index (κ3) is 4.64. The smallest absolute Gasteiger partial charge is 0.342 e. The molecule has 2 aromatic rings. The zero-order valence-electron chi connectivity index (χ0n) is 13.4. The summed E-state index contributed by atoms with van der Waals surface area (Å²) in [5.74, 6) is 0.529. The van der Waals surface area contributed by atoms with Gasteiger partial charge < -0.3 is 19.3 Å². The fraction of sp³-hybridized carbons (Fsp3) is 0.278. The van der Waals surface area contributed by atoms with Gasteiger partial charge in [-0.25, -0.2) is 4.79 Å². The van der Waals surface area contributed by atoms with E-state index >= 15 is 0 Å². The zero-order chi connectivity index (χ0) is 16.8. The van der Waals surface area contributed by atoms with E-state index < -0.39 is 5.97 Å². The van der Waals surface area contributed by atoms with Crippen LogP contribution in [0.1, 0.15) is 29.8 Å². The maximum atomic E-state index is 11.8. The number of phenolic OH excluding ortho intramolecular Hbond substituents is 1. The van der Waals surface area contributed by atoms with Crippen LogP contribution in [0.15, 0.2) is 42.5 Å². The number of hydrogen-bond acceptors (Lipinski definition) is 5. The molecular formula is C18H20O5. The number of ether oxygens (including phenoxy) is 3. The zero-order valence-corrected chi connectivity index (χ0v) is 13.4. The quantitative estimate of drug-likeness (QED) is 0.826. The summed E-state index contributed by atoms with van der Waals surface area (Å²) in [4.78, 5) is 11.8.